The Labute approximate surface area is 107 Å². The Morgan fingerprint density at radius 3 is 2.83 bits per heavy atom. The lowest BCUT2D eigenvalue weighted by Gasteiger charge is -2.26. The predicted molar refractivity (Wildman–Crippen MR) is 73.1 cm³/mol. The van der Waals surface area contributed by atoms with Crippen LogP contribution in [0.25, 0.3) is 0 Å². The summed E-state index contributed by atoms with van der Waals surface area (Å²) in [5.41, 5.74) is 4.94. The van der Waals surface area contributed by atoms with Gasteiger partial charge in [-0.3, -0.25) is 4.79 Å². The Hall–Kier alpha value is -1.89. The third-order valence-electron chi connectivity index (χ3n) is 3.82. The van der Waals surface area contributed by atoms with Gasteiger partial charge in [-0.1, -0.05) is 42.5 Å². The molecule has 0 fully saturated rings. The molecule has 2 aromatic carbocycles. The molecule has 0 spiro atoms. The van der Waals surface area contributed by atoms with Crippen molar-refractivity contribution in [1.29, 1.82) is 0 Å². The second kappa shape index (κ2) is 4.77. The van der Waals surface area contributed by atoms with Crippen LogP contribution in [0, 0.1) is 0 Å². The number of fused-ring (bicyclic) bond motifs is 1. The average Bonchev–Trinajstić information content (AvgIpc) is 2.47. The fourth-order valence-corrected chi connectivity index (χ4v) is 2.95. The predicted octanol–water partition coefficient (Wildman–Crippen LogP) is 3.97. The monoisotopic (exact) mass is 236 g/mol. The molecule has 0 aliphatic heterocycles. The highest BCUT2D eigenvalue weighted by atomic mass is 16.1. The summed E-state index contributed by atoms with van der Waals surface area (Å²) in [5, 5.41) is 0. The summed E-state index contributed by atoms with van der Waals surface area (Å²) in [7, 11) is 0. The SMILES string of the molecule is O=Cc1cccc([C@@H]2CCCc3ccccc32)c1. The zero-order valence-corrected chi connectivity index (χ0v) is 10.3. The van der Waals surface area contributed by atoms with Crippen LogP contribution in [0.2, 0.25) is 0 Å². The van der Waals surface area contributed by atoms with Crippen LogP contribution >= 0.6 is 0 Å². The topological polar surface area (TPSA) is 17.1 Å². The van der Waals surface area contributed by atoms with Crippen LogP contribution in [0.5, 0.6) is 0 Å². The minimum absolute atomic E-state index is 0.454. The summed E-state index contributed by atoms with van der Waals surface area (Å²) >= 11 is 0. The Morgan fingerprint density at radius 2 is 1.94 bits per heavy atom. The van der Waals surface area contributed by atoms with Crippen molar-refractivity contribution in [3.05, 3.63) is 70.8 Å². The quantitative estimate of drug-likeness (QED) is 0.721. The highest BCUT2D eigenvalue weighted by Gasteiger charge is 2.21. The number of hydrogen-bond donors (Lipinski definition) is 0. The van der Waals surface area contributed by atoms with Crippen molar-refractivity contribution in [3.8, 4) is 0 Å². The van der Waals surface area contributed by atoms with Gasteiger partial charge in [0.1, 0.15) is 6.29 Å². The average molecular weight is 236 g/mol. The highest BCUT2D eigenvalue weighted by molar-refractivity contribution is 5.75. The van der Waals surface area contributed by atoms with Crippen LogP contribution in [-0.4, -0.2) is 6.29 Å². The van der Waals surface area contributed by atoms with E-state index in [9.17, 15) is 4.79 Å². The molecule has 18 heavy (non-hydrogen) atoms. The standard InChI is InChI=1S/C17H16O/c18-12-13-5-3-8-15(11-13)17-10-4-7-14-6-1-2-9-16(14)17/h1-3,5-6,8-9,11-12,17H,4,7,10H2/t17-/m0/s1. The van der Waals surface area contributed by atoms with E-state index in [0.717, 1.165) is 11.8 Å². The lowest BCUT2D eigenvalue weighted by molar-refractivity contribution is 0.112. The summed E-state index contributed by atoms with van der Waals surface area (Å²) in [6.45, 7) is 0. The summed E-state index contributed by atoms with van der Waals surface area (Å²) < 4.78 is 0. The zero-order chi connectivity index (χ0) is 12.4. The number of carbonyl (C=O) groups excluding carboxylic acids is 1. The largest absolute Gasteiger partial charge is 0.298 e. The van der Waals surface area contributed by atoms with Crippen molar-refractivity contribution < 1.29 is 4.79 Å². The number of aryl methyl sites for hydroxylation is 1. The summed E-state index contributed by atoms with van der Waals surface area (Å²) in [6.07, 6.45) is 4.52. The number of carbonyl (C=O) groups is 1. The van der Waals surface area contributed by atoms with Crippen LogP contribution in [-0.2, 0) is 6.42 Å². The van der Waals surface area contributed by atoms with Gasteiger partial charge in [0, 0.05) is 11.5 Å². The molecule has 90 valence electrons. The Balaban J connectivity index is 2.05. The number of benzene rings is 2. The van der Waals surface area contributed by atoms with Gasteiger partial charge in [-0.2, -0.15) is 0 Å². The molecule has 0 saturated carbocycles. The molecule has 1 atom stereocenters. The number of aldehydes is 1. The Bertz CT molecular complexity index is 571. The van der Waals surface area contributed by atoms with Gasteiger partial charge in [-0.25, -0.2) is 0 Å². The van der Waals surface area contributed by atoms with E-state index in [1.54, 1.807) is 0 Å². The molecule has 0 aromatic heterocycles. The molecular weight excluding hydrogens is 220 g/mol. The van der Waals surface area contributed by atoms with Crippen molar-refractivity contribution in [3.63, 3.8) is 0 Å². The maximum Gasteiger partial charge on any atom is 0.150 e. The highest BCUT2D eigenvalue weighted by Crippen LogP contribution is 2.36. The van der Waals surface area contributed by atoms with Gasteiger partial charge >= 0.3 is 0 Å². The van der Waals surface area contributed by atoms with Gasteiger partial charge in [0.15, 0.2) is 0 Å². The molecule has 0 N–H and O–H groups in total. The molecule has 0 amide bonds. The van der Waals surface area contributed by atoms with Gasteiger partial charge in [0.2, 0.25) is 0 Å². The van der Waals surface area contributed by atoms with Crippen LogP contribution in [0.3, 0.4) is 0 Å². The molecular formula is C17H16O. The van der Waals surface area contributed by atoms with E-state index < -0.39 is 0 Å². The Kier molecular flexibility index (Phi) is 2.97. The molecule has 0 unspecified atom stereocenters. The van der Waals surface area contributed by atoms with Crippen LogP contribution in [0.1, 0.15) is 45.8 Å². The first-order chi connectivity index (χ1) is 8.88. The lowest BCUT2D eigenvalue weighted by atomic mass is 9.79. The van der Waals surface area contributed by atoms with Crippen molar-refractivity contribution >= 4 is 6.29 Å². The Morgan fingerprint density at radius 1 is 1.06 bits per heavy atom. The minimum Gasteiger partial charge on any atom is -0.298 e. The van der Waals surface area contributed by atoms with Gasteiger partial charge in [0.25, 0.3) is 0 Å². The minimum atomic E-state index is 0.454. The number of hydrogen-bond acceptors (Lipinski definition) is 1. The zero-order valence-electron chi connectivity index (χ0n) is 10.3. The van der Waals surface area contributed by atoms with E-state index in [4.69, 9.17) is 0 Å². The first-order valence-corrected chi connectivity index (χ1v) is 6.51. The van der Waals surface area contributed by atoms with Crippen LogP contribution in [0.15, 0.2) is 48.5 Å². The maximum absolute atomic E-state index is 10.9. The molecule has 1 aliphatic carbocycles. The second-order valence-corrected chi connectivity index (χ2v) is 4.93. The number of rotatable bonds is 2. The van der Waals surface area contributed by atoms with E-state index in [2.05, 4.69) is 30.3 Å². The second-order valence-electron chi connectivity index (χ2n) is 4.93. The molecule has 0 saturated heterocycles. The fourth-order valence-electron chi connectivity index (χ4n) is 2.95. The maximum atomic E-state index is 10.9. The molecule has 1 nitrogen and oxygen atoms in total. The molecule has 0 radical (unpaired) electrons. The van der Waals surface area contributed by atoms with E-state index in [-0.39, 0.29) is 0 Å². The summed E-state index contributed by atoms with van der Waals surface area (Å²) in [5.74, 6) is 0.454. The van der Waals surface area contributed by atoms with Crippen molar-refractivity contribution in [2.24, 2.45) is 0 Å². The normalized spacial score (nSPS) is 18.1. The molecule has 3 rings (SSSR count). The van der Waals surface area contributed by atoms with E-state index in [0.29, 0.717) is 5.92 Å². The molecule has 1 aliphatic rings. The smallest absolute Gasteiger partial charge is 0.150 e. The summed E-state index contributed by atoms with van der Waals surface area (Å²) in [6, 6.07) is 16.7. The third-order valence-corrected chi connectivity index (χ3v) is 3.82. The summed E-state index contributed by atoms with van der Waals surface area (Å²) in [4.78, 5) is 10.9. The lowest BCUT2D eigenvalue weighted by Crippen LogP contribution is -2.11. The van der Waals surface area contributed by atoms with Crippen molar-refractivity contribution in [1.82, 2.24) is 0 Å². The van der Waals surface area contributed by atoms with Crippen LogP contribution in [0.4, 0.5) is 0 Å². The van der Waals surface area contributed by atoms with Gasteiger partial charge in [-0.05, 0) is 42.0 Å². The first kappa shape index (κ1) is 11.2. The van der Waals surface area contributed by atoms with Gasteiger partial charge < -0.3 is 0 Å². The van der Waals surface area contributed by atoms with E-state index in [1.807, 2.05) is 18.2 Å². The first-order valence-electron chi connectivity index (χ1n) is 6.51. The van der Waals surface area contributed by atoms with Crippen molar-refractivity contribution in [2.75, 3.05) is 0 Å². The van der Waals surface area contributed by atoms with E-state index in [1.165, 1.54) is 36.0 Å². The third kappa shape index (κ3) is 1.97. The molecule has 2 aromatic rings. The molecule has 0 bridgehead atoms. The van der Waals surface area contributed by atoms with Gasteiger partial charge in [-0.15, -0.1) is 0 Å². The van der Waals surface area contributed by atoms with Gasteiger partial charge in [0.05, 0.1) is 0 Å². The van der Waals surface area contributed by atoms with Crippen molar-refractivity contribution in [2.45, 2.75) is 25.2 Å². The van der Waals surface area contributed by atoms with Crippen LogP contribution < -0.4 is 0 Å². The molecule has 1 heteroatoms. The van der Waals surface area contributed by atoms with E-state index >= 15 is 0 Å². The molecule has 0 heterocycles. The fraction of sp³-hybridized carbons (Fsp3) is 0.235.